The van der Waals surface area contributed by atoms with Crippen molar-refractivity contribution in [1.29, 1.82) is 0 Å². The first-order valence-corrected chi connectivity index (χ1v) is 8.96. The van der Waals surface area contributed by atoms with Gasteiger partial charge in [0, 0.05) is 6.54 Å². The topological polar surface area (TPSA) is 62.9 Å². The summed E-state index contributed by atoms with van der Waals surface area (Å²) in [5.41, 5.74) is 6.61. The van der Waals surface area contributed by atoms with E-state index in [-0.39, 0.29) is 29.7 Å². The molecule has 0 unspecified atom stereocenters. The molecule has 3 N–H and O–H groups in total. The average Bonchev–Trinajstić information content (AvgIpc) is 2.60. The predicted octanol–water partition coefficient (Wildman–Crippen LogP) is 3.73. The van der Waals surface area contributed by atoms with E-state index < -0.39 is 6.36 Å². The van der Waals surface area contributed by atoms with Crippen molar-refractivity contribution in [3.05, 3.63) is 29.8 Å². The zero-order valence-electron chi connectivity index (χ0n) is 15.5. The number of halogens is 4. The van der Waals surface area contributed by atoms with E-state index in [0.29, 0.717) is 12.5 Å². The molecule has 0 saturated carbocycles. The van der Waals surface area contributed by atoms with Gasteiger partial charge in [0.05, 0.1) is 6.54 Å². The maximum absolute atomic E-state index is 12.1. The molecule has 0 atom stereocenters. The van der Waals surface area contributed by atoms with Gasteiger partial charge in [0.25, 0.3) is 0 Å². The van der Waals surface area contributed by atoms with Crippen LogP contribution < -0.4 is 15.8 Å². The smallest absolute Gasteiger partial charge is 0.406 e. The van der Waals surface area contributed by atoms with Gasteiger partial charge in [-0.1, -0.05) is 19.1 Å². The molecule has 0 radical (unpaired) electrons. The number of piperidine rings is 1. The Hall–Kier alpha value is -1.23. The highest BCUT2D eigenvalue weighted by Gasteiger charge is 2.30. The number of nitrogens with zero attached hydrogens (tertiary/aromatic N) is 2. The Morgan fingerprint density at radius 1 is 1.26 bits per heavy atom. The summed E-state index contributed by atoms with van der Waals surface area (Å²) < 4.78 is 40.2. The molecule has 1 aromatic carbocycles. The molecule has 27 heavy (non-hydrogen) atoms. The quantitative estimate of drug-likeness (QED) is 0.341. The van der Waals surface area contributed by atoms with Crippen LogP contribution in [0.1, 0.15) is 31.7 Å². The Bertz CT molecular complexity index is 573. The van der Waals surface area contributed by atoms with Crippen LogP contribution in [-0.2, 0) is 6.54 Å². The van der Waals surface area contributed by atoms with Gasteiger partial charge in [-0.05, 0) is 62.5 Å². The van der Waals surface area contributed by atoms with Crippen LogP contribution in [0.4, 0.5) is 13.2 Å². The lowest BCUT2D eigenvalue weighted by Gasteiger charge is -2.31. The Kier molecular flexibility index (Phi) is 10.2. The minimum atomic E-state index is -4.68. The standard InChI is InChI=1S/C18H27F3N4O.HI/c1-2-25-11-8-14(9-12-25)7-10-23-17(22)24-13-15-3-5-16(6-4-15)26-18(19,20)21;/h3-6,14H,2,7-13H2,1H3,(H3,22,23,24);1H. The first kappa shape index (κ1) is 23.8. The second-order valence-electron chi connectivity index (χ2n) is 6.49. The van der Waals surface area contributed by atoms with Crippen molar-refractivity contribution in [3.63, 3.8) is 0 Å². The number of hydrogen-bond acceptors (Lipinski definition) is 3. The number of hydrogen-bond donors (Lipinski definition) is 2. The Morgan fingerprint density at radius 3 is 2.44 bits per heavy atom. The number of nitrogens with two attached hydrogens (primary N) is 1. The Labute approximate surface area is 175 Å². The number of likely N-dealkylation sites (tertiary alicyclic amines) is 1. The van der Waals surface area contributed by atoms with Crippen LogP contribution in [0.2, 0.25) is 0 Å². The molecule has 0 bridgehead atoms. The largest absolute Gasteiger partial charge is 0.573 e. The van der Waals surface area contributed by atoms with Crippen molar-refractivity contribution in [3.8, 4) is 5.75 Å². The maximum Gasteiger partial charge on any atom is 0.573 e. The number of alkyl halides is 3. The summed E-state index contributed by atoms with van der Waals surface area (Å²) in [7, 11) is 0. The van der Waals surface area contributed by atoms with Crippen molar-refractivity contribution >= 4 is 29.9 Å². The molecular formula is C18H28F3IN4O. The maximum atomic E-state index is 12.1. The van der Waals surface area contributed by atoms with Crippen molar-refractivity contribution < 1.29 is 17.9 Å². The summed E-state index contributed by atoms with van der Waals surface area (Å²) in [6.45, 7) is 6.73. The molecular weight excluding hydrogens is 472 g/mol. The van der Waals surface area contributed by atoms with E-state index in [4.69, 9.17) is 5.73 Å². The van der Waals surface area contributed by atoms with Crippen molar-refractivity contribution in [2.45, 2.75) is 39.1 Å². The van der Waals surface area contributed by atoms with E-state index in [2.05, 4.69) is 26.9 Å². The monoisotopic (exact) mass is 500 g/mol. The van der Waals surface area contributed by atoms with Crippen LogP contribution in [0.3, 0.4) is 0 Å². The van der Waals surface area contributed by atoms with Gasteiger partial charge >= 0.3 is 6.36 Å². The van der Waals surface area contributed by atoms with E-state index in [0.717, 1.165) is 31.0 Å². The highest BCUT2D eigenvalue weighted by Crippen LogP contribution is 2.23. The van der Waals surface area contributed by atoms with E-state index in [1.54, 1.807) is 12.1 Å². The zero-order chi connectivity index (χ0) is 19.0. The summed E-state index contributed by atoms with van der Waals surface area (Å²) in [6.07, 6.45) is -1.17. The van der Waals surface area contributed by atoms with Gasteiger partial charge in [0.1, 0.15) is 5.75 Å². The summed E-state index contributed by atoms with van der Waals surface area (Å²) in [6, 6.07) is 5.62. The third-order valence-electron chi connectivity index (χ3n) is 4.60. The van der Waals surface area contributed by atoms with Gasteiger partial charge in [0.15, 0.2) is 5.96 Å². The van der Waals surface area contributed by atoms with Crippen molar-refractivity contribution in [1.82, 2.24) is 10.2 Å². The summed E-state index contributed by atoms with van der Waals surface area (Å²) in [5.74, 6) is 0.830. The second-order valence-corrected chi connectivity index (χ2v) is 6.49. The predicted molar refractivity (Wildman–Crippen MR) is 111 cm³/mol. The highest BCUT2D eigenvalue weighted by molar-refractivity contribution is 14.0. The number of nitrogens with one attached hydrogen (secondary N) is 1. The molecule has 9 heteroatoms. The van der Waals surface area contributed by atoms with Gasteiger partial charge in [-0.2, -0.15) is 0 Å². The van der Waals surface area contributed by atoms with Crippen LogP contribution in [-0.4, -0.2) is 43.4 Å². The lowest BCUT2D eigenvalue weighted by Crippen LogP contribution is -2.36. The van der Waals surface area contributed by atoms with Crippen LogP contribution in [0, 0.1) is 5.92 Å². The average molecular weight is 500 g/mol. The number of rotatable bonds is 7. The van der Waals surface area contributed by atoms with Gasteiger partial charge in [-0.15, -0.1) is 37.1 Å². The molecule has 1 aliphatic heterocycles. The van der Waals surface area contributed by atoms with Gasteiger partial charge < -0.3 is 20.7 Å². The molecule has 154 valence electrons. The molecule has 0 aromatic heterocycles. The minimum Gasteiger partial charge on any atom is -0.406 e. The molecule has 1 fully saturated rings. The Balaban J connectivity index is 0.00000364. The van der Waals surface area contributed by atoms with Crippen LogP contribution in [0.5, 0.6) is 5.75 Å². The van der Waals surface area contributed by atoms with Crippen LogP contribution in [0.15, 0.2) is 29.3 Å². The van der Waals surface area contributed by atoms with Crippen LogP contribution >= 0.6 is 24.0 Å². The third kappa shape index (κ3) is 9.50. The number of ether oxygens (including phenoxy) is 1. The molecule has 1 saturated heterocycles. The van der Waals surface area contributed by atoms with Crippen molar-refractivity contribution in [2.24, 2.45) is 16.6 Å². The molecule has 1 aromatic rings. The molecule has 0 spiro atoms. The zero-order valence-corrected chi connectivity index (χ0v) is 17.8. The van der Waals surface area contributed by atoms with Gasteiger partial charge in [-0.3, -0.25) is 0 Å². The number of guanidine groups is 1. The second kappa shape index (κ2) is 11.6. The lowest BCUT2D eigenvalue weighted by atomic mass is 9.93. The van der Waals surface area contributed by atoms with Crippen LogP contribution in [0.25, 0.3) is 0 Å². The molecule has 5 nitrogen and oxygen atoms in total. The SMILES string of the molecule is CCN1CCC(CCNC(N)=NCc2ccc(OC(F)(F)F)cc2)CC1.I. The summed E-state index contributed by atoms with van der Waals surface area (Å²) >= 11 is 0. The normalized spacial score (nSPS) is 16.7. The molecule has 2 rings (SSSR count). The first-order chi connectivity index (χ1) is 12.4. The summed E-state index contributed by atoms with van der Waals surface area (Å²) in [4.78, 5) is 6.68. The van der Waals surface area contributed by atoms with Gasteiger partial charge in [0.2, 0.25) is 0 Å². The van der Waals surface area contributed by atoms with Crippen molar-refractivity contribution in [2.75, 3.05) is 26.2 Å². The first-order valence-electron chi connectivity index (χ1n) is 8.96. The molecule has 0 amide bonds. The third-order valence-corrected chi connectivity index (χ3v) is 4.60. The number of aliphatic imine (C=N–C) groups is 1. The van der Waals surface area contributed by atoms with E-state index in [9.17, 15) is 13.2 Å². The fraction of sp³-hybridized carbons (Fsp3) is 0.611. The van der Waals surface area contributed by atoms with E-state index in [1.165, 1.54) is 38.1 Å². The molecule has 1 aliphatic rings. The number of benzene rings is 1. The molecule has 0 aliphatic carbocycles. The highest BCUT2D eigenvalue weighted by atomic mass is 127. The van der Waals surface area contributed by atoms with E-state index >= 15 is 0 Å². The lowest BCUT2D eigenvalue weighted by molar-refractivity contribution is -0.274. The fourth-order valence-electron chi connectivity index (χ4n) is 3.02. The fourth-order valence-corrected chi connectivity index (χ4v) is 3.02. The van der Waals surface area contributed by atoms with Gasteiger partial charge in [-0.25, -0.2) is 4.99 Å². The minimum absolute atomic E-state index is 0. The molecule has 1 heterocycles. The summed E-state index contributed by atoms with van der Waals surface area (Å²) in [5, 5.41) is 3.11. The van der Waals surface area contributed by atoms with E-state index in [1.807, 2.05) is 0 Å². The Morgan fingerprint density at radius 2 is 1.89 bits per heavy atom.